The van der Waals surface area contributed by atoms with E-state index in [-0.39, 0.29) is 48.3 Å². The molecule has 0 spiro atoms. The van der Waals surface area contributed by atoms with Gasteiger partial charge in [-0.15, -0.1) is 0 Å². The van der Waals surface area contributed by atoms with E-state index in [1.165, 1.54) is 74.0 Å². The summed E-state index contributed by atoms with van der Waals surface area (Å²) in [6.07, 6.45) is 7.12. The second kappa shape index (κ2) is 29.6. The fraction of sp³-hybridized carbons (Fsp3) is 0.357. The minimum atomic E-state index is -0.937. The molecule has 3 saturated heterocycles. The summed E-state index contributed by atoms with van der Waals surface area (Å²) in [6.45, 7) is 21.1. The third kappa shape index (κ3) is 15.0. The minimum Gasteiger partial charge on any atom is -0.478 e. The highest BCUT2D eigenvalue weighted by atomic mass is 79.9. The number of halogens is 3. The summed E-state index contributed by atoms with van der Waals surface area (Å²) in [4.78, 5) is 40.5. The Labute approximate surface area is 568 Å². The molecule has 7 heterocycles. The Morgan fingerprint density at radius 3 is 1.76 bits per heavy atom. The number of hydrogen-bond donors (Lipinski definition) is 1. The van der Waals surface area contributed by atoms with Gasteiger partial charge in [0.1, 0.15) is 11.6 Å². The number of carboxylic acid groups (broad SMARTS) is 1. The van der Waals surface area contributed by atoms with Crippen LogP contribution in [0.5, 0.6) is 0 Å². The monoisotopic (exact) mass is 1420 g/mol. The molecule has 0 aliphatic carbocycles. The highest BCUT2D eigenvalue weighted by Crippen LogP contribution is 2.47. The molecule has 0 radical (unpaired) electrons. The molecule has 23 heteroatoms. The molecule has 9 aromatic rings. The summed E-state index contributed by atoms with van der Waals surface area (Å²) in [5.41, 5.74) is 13.2. The highest BCUT2D eigenvalue weighted by Gasteiger charge is 2.54. The number of fused-ring (bicyclic) bond motifs is 4. The van der Waals surface area contributed by atoms with E-state index in [1.54, 1.807) is 30.5 Å². The van der Waals surface area contributed by atoms with Crippen molar-refractivity contribution >= 4 is 134 Å². The van der Waals surface area contributed by atoms with Gasteiger partial charge in [-0.2, -0.15) is 9.78 Å². The maximum atomic E-state index is 14.1. The molecule has 0 atom stereocenters. The fourth-order valence-corrected chi connectivity index (χ4v) is 15.2. The molecular formula is C70H75BBrF2N5O9S5. The van der Waals surface area contributed by atoms with Crippen molar-refractivity contribution in [1.82, 2.24) is 18.9 Å². The SMILES string of the molecule is C.CC(C)(C)C(=O)n1ncc2cc3c(cc21)c(B1OC(C)(C)C(C)(C)O1)c(C1CCOCC1)n3-c1ccc(F)cc1.COC(=O)c1ccc(Br)c(C)c1.Cc1cc(C(=O)O)ccc1-c1c(C2CCOCC2)n(-c2ccc(F)cc2)c2cc3c(cc12)CN=C3.S=S=S=S=S. The molecule has 4 aliphatic heterocycles. The number of carbonyl (C=O) groups is 3. The van der Waals surface area contributed by atoms with E-state index in [0.717, 1.165) is 113 Å². The van der Waals surface area contributed by atoms with Crippen LogP contribution in [-0.2, 0) is 79.1 Å². The van der Waals surface area contributed by atoms with Crippen molar-refractivity contribution < 1.29 is 51.8 Å². The van der Waals surface area contributed by atoms with Crippen LogP contribution in [0.15, 0.2) is 125 Å². The molecule has 0 amide bonds. The van der Waals surface area contributed by atoms with E-state index in [4.69, 9.17) is 18.8 Å². The summed E-state index contributed by atoms with van der Waals surface area (Å²) < 4.78 is 64.3. The average Bonchev–Trinajstić information content (AvgIpc) is 1.57. The van der Waals surface area contributed by atoms with Gasteiger partial charge in [0.25, 0.3) is 5.91 Å². The third-order valence-corrected chi connectivity index (χ3v) is 22.9. The molecule has 1 N–H and O–H groups in total. The minimum absolute atomic E-state index is 0. The molecule has 14 nitrogen and oxygen atoms in total. The quantitative estimate of drug-likeness (QED) is 0.114. The summed E-state index contributed by atoms with van der Waals surface area (Å²) in [5.74, 6) is -1.45. The van der Waals surface area contributed by atoms with Crippen molar-refractivity contribution in [3.05, 3.63) is 176 Å². The number of aromatic carboxylic acids is 1. The second-order valence-electron chi connectivity index (χ2n) is 25.1. The van der Waals surface area contributed by atoms with Crippen LogP contribution in [0.4, 0.5) is 8.78 Å². The molecule has 13 rings (SSSR count). The second-order valence-corrected chi connectivity index (χ2v) is 31.3. The van der Waals surface area contributed by atoms with E-state index < -0.39 is 29.7 Å². The van der Waals surface area contributed by atoms with Crippen LogP contribution in [0.3, 0.4) is 0 Å². The van der Waals surface area contributed by atoms with Gasteiger partial charge in [-0.1, -0.05) is 50.2 Å². The number of benzene rings is 6. The third-order valence-electron chi connectivity index (χ3n) is 17.6. The van der Waals surface area contributed by atoms with Crippen LogP contribution in [-0.4, -0.2) is 99.9 Å². The van der Waals surface area contributed by atoms with Crippen molar-refractivity contribution in [3.8, 4) is 22.5 Å². The topological polar surface area (TPSA) is 158 Å². The number of carbonyl (C=O) groups excluding carboxylic acids is 2. The van der Waals surface area contributed by atoms with E-state index in [1.807, 2.05) is 83.3 Å². The van der Waals surface area contributed by atoms with Gasteiger partial charge in [0, 0.05) is 153 Å². The van der Waals surface area contributed by atoms with Gasteiger partial charge in [-0.25, -0.2) is 18.4 Å². The molecular weight excluding hydrogens is 1340 g/mol. The fourth-order valence-electron chi connectivity index (χ4n) is 12.2. The number of ether oxygens (including phenoxy) is 3. The Bertz CT molecular complexity index is 4450. The van der Waals surface area contributed by atoms with Gasteiger partial charge in [0.05, 0.1) is 58.7 Å². The molecule has 488 valence electrons. The van der Waals surface area contributed by atoms with Crippen LogP contribution in [0, 0.1) is 30.9 Å². The summed E-state index contributed by atoms with van der Waals surface area (Å²) in [5, 5.41) is 16.9. The van der Waals surface area contributed by atoms with Gasteiger partial charge in [-0.05, 0) is 198 Å². The number of rotatable bonds is 8. The predicted molar refractivity (Wildman–Crippen MR) is 383 cm³/mol. The lowest BCUT2D eigenvalue weighted by Gasteiger charge is -2.32. The van der Waals surface area contributed by atoms with Crippen molar-refractivity contribution in [2.45, 2.75) is 125 Å². The van der Waals surface area contributed by atoms with Gasteiger partial charge >= 0.3 is 19.1 Å². The lowest BCUT2D eigenvalue weighted by molar-refractivity contribution is 0.00578. The van der Waals surface area contributed by atoms with Crippen LogP contribution in [0.2, 0.25) is 0 Å². The number of hydrogen-bond acceptors (Lipinski definition) is 12. The van der Waals surface area contributed by atoms with E-state index in [0.29, 0.717) is 38.5 Å². The van der Waals surface area contributed by atoms with Crippen LogP contribution >= 0.6 is 15.9 Å². The zero-order valence-corrected chi connectivity index (χ0v) is 58.4. The van der Waals surface area contributed by atoms with Gasteiger partial charge in [0.2, 0.25) is 0 Å². The number of carboxylic acids is 1. The van der Waals surface area contributed by atoms with Gasteiger partial charge < -0.3 is 37.8 Å². The number of esters is 1. The van der Waals surface area contributed by atoms with E-state index >= 15 is 0 Å². The van der Waals surface area contributed by atoms with Crippen LogP contribution < -0.4 is 5.46 Å². The normalized spacial score (nSPS) is 15.9. The molecule has 3 fully saturated rings. The molecule has 3 aromatic heterocycles. The number of aliphatic imine (C=N–C) groups is 1. The van der Waals surface area contributed by atoms with E-state index in [9.17, 15) is 28.3 Å². The maximum absolute atomic E-state index is 14.1. The Morgan fingerprint density at radius 1 is 0.710 bits per heavy atom. The zero-order chi connectivity index (χ0) is 66.0. The standard InChI is InChI=1S/C31H37BFN3O4.C29H25FN2O3.C9H9BrO2.CH4.S5/c1-29(2,3)28(37)36-24-17-23-25(16-20(24)18-34-36)35(22-10-8-21(33)9-11-22)27(19-12-14-38-15-13-19)26(23)32-39-30(4,5)31(6,7)40-32;1-17-12-19(29(33)34)2-7-24(17)27-25-13-20-15-31-16-21(20)14-26(25)32(23-5-3-22(30)4-6-23)28(27)18-8-10-35-11-9-18;1-6-5-7(9(11)12-2)3-4-8(6)10;;1-3-5-4-2/h8-11,16-19H,12-15H2,1-7H3;2-7,12-14,16,18H,8-11,15H2,1H3,(H,33,34);3-5H,1-2H3;1H4;. The maximum Gasteiger partial charge on any atom is 0.497 e. The first-order chi connectivity index (χ1) is 43.9. The smallest absolute Gasteiger partial charge is 0.478 e. The van der Waals surface area contributed by atoms with Crippen LogP contribution in [0.1, 0.15) is 153 Å². The van der Waals surface area contributed by atoms with Crippen molar-refractivity contribution in [3.63, 3.8) is 0 Å². The first-order valence-electron chi connectivity index (χ1n) is 30.1. The molecule has 93 heavy (non-hydrogen) atoms. The highest BCUT2D eigenvalue weighted by molar-refractivity contribution is 9.10. The molecule has 0 bridgehead atoms. The molecule has 0 saturated carbocycles. The Hall–Kier alpha value is -6.51. The van der Waals surface area contributed by atoms with Crippen molar-refractivity contribution in [2.24, 2.45) is 10.4 Å². The number of methoxy groups -OCH3 is 1. The first-order valence-corrected chi connectivity index (χ1v) is 36.3. The predicted octanol–water partition coefficient (Wildman–Crippen LogP) is 15.4. The summed E-state index contributed by atoms with van der Waals surface area (Å²) >= 11 is 12.2. The van der Waals surface area contributed by atoms with Gasteiger partial charge in [0.15, 0.2) is 0 Å². The Balaban J connectivity index is 0.000000175. The largest absolute Gasteiger partial charge is 0.497 e. The zero-order valence-electron chi connectivity index (χ0n) is 52.8. The lowest BCUT2D eigenvalue weighted by atomic mass is 9.73. The Kier molecular flexibility index (Phi) is 22.6. The number of aromatic nitrogens is 4. The number of nitrogens with zero attached hydrogens (tertiary/aromatic N) is 5. The first kappa shape index (κ1) is 70.8. The molecule has 6 aromatic carbocycles. The summed E-state index contributed by atoms with van der Waals surface area (Å²) in [6, 6.07) is 32.4. The van der Waals surface area contributed by atoms with Crippen LogP contribution in [0.25, 0.3) is 55.2 Å². The van der Waals surface area contributed by atoms with Crippen molar-refractivity contribution in [1.29, 1.82) is 0 Å². The lowest BCUT2D eigenvalue weighted by Crippen LogP contribution is -2.41. The summed E-state index contributed by atoms with van der Waals surface area (Å²) in [7, 11) is 4.70. The van der Waals surface area contributed by atoms with E-state index in [2.05, 4.69) is 108 Å². The van der Waals surface area contributed by atoms with Gasteiger partial charge in [-0.3, -0.25) is 9.79 Å². The van der Waals surface area contributed by atoms with Crippen molar-refractivity contribution in [2.75, 3.05) is 33.5 Å². The molecule has 0 unspecified atom stereocenters. The molecule has 4 aliphatic rings. The Morgan fingerprint density at radius 2 is 1.25 bits per heavy atom. The number of aryl methyl sites for hydroxylation is 2. The average molecular weight is 1420 g/mol.